The Hall–Kier alpha value is -1.69. The molecular formula is C12H14BrN3O2. The Balaban J connectivity index is 2.13. The molecule has 18 heavy (non-hydrogen) atoms. The molecule has 0 saturated heterocycles. The molecule has 0 saturated carbocycles. The lowest BCUT2D eigenvalue weighted by molar-refractivity contribution is 0.385. The minimum atomic E-state index is 0.398. The Bertz CT molecular complexity index is 542. The Labute approximate surface area is 114 Å². The van der Waals surface area contributed by atoms with E-state index in [0.717, 1.165) is 21.7 Å². The molecular weight excluding hydrogens is 298 g/mol. The molecule has 1 heterocycles. The summed E-state index contributed by atoms with van der Waals surface area (Å²) in [6.45, 7) is 0.600. The lowest BCUT2D eigenvalue weighted by atomic mass is 10.2. The number of halogens is 1. The number of hydrogen-bond acceptors (Lipinski definition) is 5. The standard InChI is InChI=1S/C12H14BrN3O2/c1-16(7-9-6-12(14)15-18-9)8-3-4-11(17-2)10(13)5-8/h3-6H,7H2,1-2H3,(H2,14,15). The summed E-state index contributed by atoms with van der Waals surface area (Å²) in [7, 11) is 3.60. The van der Waals surface area contributed by atoms with Crippen LogP contribution in [0.5, 0.6) is 5.75 Å². The van der Waals surface area contributed by atoms with Gasteiger partial charge in [0.15, 0.2) is 11.6 Å². The monoisotopic (exact) mass is 311 g/mol. The van der Waals surface area contributed by atoms with Crippen molar-refractivity contribution in [1.29, 1.82) is 0 Å². The van der Waals surface area contributed by atoms with E-state index in [1.807, 2.05) is 30.1 Å². The number of ether oxygens (including phenoxy) is 1. The molecule has 5 nitrogen and oxygen atoms in total. The van der Waals surface area contributed by atoms with Crippen molar-refractivity contribution >= 4 is 27.4 Å². The molecule has 2 rings (SSSR count). The first kappa shape index (κ1) is 12.8. The van der Waals surface area contributed by atoms with E-state index in [9.17, 15) is 0 Å². The van der Waals surface area contributed by atoms with Crippen LogP contribution >= 0.6 is 15.9 Å². The molecule has 0 aliphatic rings. The van der Waals surface area contributed by atoms with Crippen molar-refractivity contribution in [1.82, 2.24) is 5.16 Å². The van der Waals surface area contributed by atoms with Crippen LogP contribution in [0.3, 0.4) is 0 Å². The van der Waals surface area contributed by atoms with Crippen molar-refractivity contribution in [2.75, 3.05) is 24.8 Å². The third-order valence-corrected chi connectivity index (χ3v) is 3.17. The molecule has 96 valence electrons. The smallest absolute Gasteiger partial charge is 0.167 e. The van der Waals surface area contributed by atoms with Crippen LogP contribution in [0, 0.1) is 0 Å². The molecule has 0 fully saturated rings. The normalized spacial score (nSPS) is 10.4. The highest BCUT2D eigenvalue weighted by atomic mass is 79.9. The number of nitrogens with two attached hydrogens (primary N) is 1. The maximum Gasteiger partial charge on any atom is 0.167 e. The number of hydrogen-bond donors (Lipinski definition) is 1. The molecule has 0 amide bonds. The van der Waals surface area contributed by atoms with Gasteiger partial charge in [0.25, 0.3) is 0 Å². The van der Waals surface area contributed by atoms with Crippen LogP contribution in [0.15, 0.2) is 33.3 Å². The van der Waals surface area contributed by atoms with Crippen LogP contribution in [0.1, 0.15) is 5.76 Å². The van der Waals surface area contributed by atoms with Gasteiger partial charge in [-0.3, -0.25) is 0 Å². The van der Waals surface area contributed by atoms with Crippen LogP contribution in [0.2, 0.25) is 0 Å². The van der Waals surface area contributed by atoms with E-state index in [0.29, 0.717) is 12.4 Å². The fourth-order valence-corrected chi connectivity index (χ4v) is 2.15. The van der Waals surface area contributed by atoms with Crippen molar-refractivity contribution in [2.45, 2.75) is 6.54 Å². The summed E-state index contributed by atoms with van der Waals surface area (Å²) in [5, 5.41) is 3.66. The molecule has 6 heteroatoms. The zero-order valence-electron chi connectivity index (χ0n) is 10.2. The van der Waals surface area contributed by atoms with Gasteiger partial charge in [-0.05, 0) is 34.1 Å². The van der Waals surface area contributed by atoms with E-state index in [4.69, 9.17) is 15.0 Å². The fourth-order valence-electron chi connectivity index (χ4n) is 1.62. The van der Waals surface area contributed by atoms with Gasteiger partial charge < -0.3 is 19.9 Å². The number of anilines is 2. The van der Waals surface area contributed by atoms with E-state index in [1.165, 1.54) is 0 Å². The maximum atomic E-state index is 5.51. The maximum absolute atomic E-state index is 5.51. The van der Waals surface area contributed by atoms with Crippen LogP contribution in [0.4, 0.5) is 11.5 Å². The zero-order valence-corrected chi connectivity index (χ0v) is 11.8. The van der Waals surface area contributed by atoms with Gasteiger partial charge in [-0.25, -0.2) is 0 Å². The van der Waals surface area contributed by atoms with E-state index < -0.39 is 0 Å². The summed E-state index contributed by atoms with van der Waals surface area (Å²) < 4.78 is 11.2. The van der Waals surface area contributed by atoms with Crippen molar-refractivity contribution < 1.29 is 9.26 Å². The van der Waals surface area contributed by atoms with Crippen LogP contribution in [0.25, 0.3) is 0 Å². The Kier molecular flexibility index (Phi) is 3.76. The van der Waals surface area contributed by atoms with Gasteiger partial charge in [0, 0.05) is 18.8 Å². The molecule has 0 spiro atoms. The molecule has 0 atom stereocenters. The van der Waals surface area contributed by atoms with E-state index >= 15 is 0 Å². The predicted molar refractivity (Wildman–Crippen MR) is 73.7 cm³/mol. The summed E-state index contributed by atoms with van der Waals surface area (Å²) >= 11 is 3.46. The highest BCUT2D eigenvalue weighted by molar-refractivity contribution is 9.10. The van der Waals surface area contributed by atoms with Crippen LogP contribution in [-0.2, 0) is 6.54 Å². The average Bonchev–Trinajstić information content (AvgIpc) is 2.74. The largest absolute Gasteiger partial charge is 0.496 e. The predicted octanol–water partition coefficient (Wildman–Crippen LogP) is 2.66. The third kappa shape index (κ3) is 2.76. The molecule has 0 aliphatic carbocycles. The minimum absolute atomic E-state index is 0.398. The van der Waals surface area contributed by atoms with Gasteiger partial charge in [-0.15, -0.1) is 0 Å². The molecule has 1 aromatic heterocycles. The van der Waals surface area contributed by atoms with Gasteiger partial charge in [-0.1, -0.05) is 5.16 Å². The molecule has 2 aromatic rings. The van der Waals surface area contributed by atoms with E-state index in [-0.39, 0.29) is 0 Å². The SMILES string of the molecule is COc1ccc(N(C)Cc2cc(N)no2)cc1Br. The summed E-state index contributed by atoms with van der Waals surface area (Å²) in [6.07, 6.45) is 0. The highest BCUT2D eigenvalue weighted by Gasteiger charge is 2.08. The second-order valence-corrected chi connectivity index (χ2v) is 4.75. The van der Waals surface area contributed by atoms with Gasteiger partial charge in [0.05, 0.1) is 18.1 Å². The van der Waals surface area contributed by atoms with Crippen LogP contribution in [-0.4, -0.2) is 19.3 Å². The quantitative estimate of drug-likeness (QED) is 0.940. The van der Waals surface area contributed by atoms with E-state index in [1.54, 1.807) is 13.2 Å². The fraction of sp³-hybridized carbons (Fsp3) is 0.250. The average molecular weight is 312 g/mol. The third-order valence-electron chi connectivity index (χ3n) is 2.55. The molecule has 0 aliphatic heterocycles. The molecule has 2 N–H and O–H groups in total. The summed E-state index contributed by atoms with van der Waals surface area (Å²) in [6, 6.07) is 7.58. The zero-order chi connectivity index (χ0) is 13.1. The number of benzene rings is 1. The first-order chi connectivity index (χ1) is 8.60. The summed E-state index contributed by atoms with van der Waals surface area (Å²) in [5.74, 6) is 1.92. The number of aromatic nitrogens is 1. The topological polar surface area (TPSA) is 64.5 Å². The molecule has 0 bridgehead atoms. The van der Waals surface area contributed by atoms with Gasteiger partial charge >= 0.3 is 0 Å². The van der Waals surface area contributed by atoms with Crippen molar-refractivity contribution in [3.63, 3.8) is 0 Å². The minimum Gasteiger partial charge on any atom is -0.496 e. The summed E-state index contributed by atoms with van der Waals surface area (Å²) in [4.78, 5) is 2.03. The lowest BCUT2D eigenvalue weighted by Gasteiger charge is -2.18. The molecule has 0 unspecified atom stereocenters. The summed E-state index contributed by atoms with van der Waals surface area (Å²) in [5.41, 5.74) is 6.55. The Morgan fingerprint density at radius 3 is 2.78 bits per heavy atom. The number of methoxy groups -OCH3 is 1. The van der Waals surface area contributed by atoms with Crippen molar-refractivity contribution in [2.24, 2.45) is 0 Å². The van der Waals surface area contributed by atoms with Gasteiger partial charge in [0.1, 0.15) is 5.75 Å². The lowest BCUT2D eigenvalue weighted by Crippen LogP contribution is -2.15. The van der Waals surface area contributed by atoms with E-state index in [2.05, 4.69) is 21.1 Å². The van der Waals surface area contributed by atoms with Crippen molar-refractivity contribution in [3.8, 4) is 5.75 Å². The second-order valence-electron chi connectivity index (χ2n) is 3.89. The first-order valence-corrected chi connectivity index (χ1v) is 6.15. The number of nitrogen functional groups attached to an aromatic ring is 1. The molecule has 0 radical (unpaired) electrons. The van der Waals surface area contributed by atoms with Crippen LogP contribution < -0.4 is 15.4 Å². The number of rotatable bonds is 4. The van der Waals surface area contributed by atoms with Crippen molar-refractivity contribution in [3.05, 3.63) is 34.5 Å². The van der Waals surface area contributed by atoms with Gasteiger partial charge in [-0.2, -0.15) is 0 Å². The second kappa shape index (κ2) is 5.30. The first-order valence-electron chi connectivity index (χ1n) is 5.36. The Morgan fingerprint density at radius 2 is 2.22 bits per heavy atom. The highest BCUT2D eigenvalue weighted by Crippen LogP contribution is 2.29. The number of nitrogens with zero attached hydrogens (tertiary/aromatic N) is 2. The molecule has 1 aromatic carbocycles. The Morgan fingerprint density at radius 1 is 1.44 bits per heavy atom. The van der Waals surface area contributed by atoms with Gasteiger partial charge in [0.2, 0.25) is 0 Å².